The van der Waals surface area contributed by atoms with E-state index in [2.05, 4.69) is 6.92 Å². The minimum Gasteiger partial charge on any atom is -0.342 e. The Hall–Kier alpha value is -1.82. The minimum absolute atomic E-state index is 0.0120. The Bertz CT molecular complexity index is 389. The molecule has 0 aliphatic carbocycles. The van der Waals surface area contributed by atoms with Crippen LogP contribution in [0.25, 0.3) is 0 Å². The summed E-state index contributed by atoms with van der Waals surface area (Å²) in [5, 5.41) is 8.65. The lowest BCUT2D eigenvalue weighted by Crippen LogP contribution is -2.27. The lowest BCUT2D eigenvalue weighted by atomic mass is 10.1. The first kappa shape index (κ1) is 12.3. The van der Waals surface area contributed by atoms with Gasteiger partial charge in [-0.2, -0.15) is 5.26 Å². The molecule has 0 fully saturated rings. The molecular formula is C13H16N2O. The largest absolute Gasteiger partial charge is 0.342 e. The highest BCUT2D eigenvalue weighted by Gasteiger charge is 2.10. The molecule has 0 saturated heterocycles. The van der Waals surface area contributed by atoms with Gasteiger partial charge >= 0.3 is 0 Å². The Morgan fingerprint density at radius 3 is 2.50 bits per heavy atom. The van der Waals surface area contributed by atoms with Crippen molar-refractivity contribution in [2.75, 3.05) is 13.6 Å². The van der Waals surface area contributed by atoms with Crippen molar-refractivity contribution >= 4 is 5.91 Å². The number of benzene rings is 1. The van der Waals surface area contributed by atoms with E-state index in [1.807, 2.05) is 6.07 Å². The summed E-state index contributed by atoms with van der Waals surface area (Å²) in [4.78, 5) is 13.6. The maximum Gasteiger partial charge on any atom is 0.253 e. The minimum atomic E-state index is 0.0120. The zero-order chi connectivity index (χ0) is 12.0. The molecule has 84 valence electrons. The number of amides is 1. The third kappa shape index (κ3) is 3.09. The summed E-state index contributed by atoms with van der Waals surface area (Å²) in [7, 11) is 1.80. The molecule has 16 heavy (non-hydrogen) atoms. The van der Waals surface area contributed by atoms with E-state index in [0.717, 1.165) is 19.4 Å². The molecule has 0 aliphatic heterocycles. The van der Waals surface area contributed by atoms with Gasteiger partial charge in [0, 0.05) is 19.2 Å². The molecule has 0 unspecified atom stereocenters. The number of rotatable bonds is 4. The van der Waals surface area contributed by atoms with Crippen molar-refractivity contribution in [1.29, 1.82) is 5.26 Å². The molecule has 0 radical (unpaired) electrons. The summed E-state index contributed by atoms with van der Waals surface area (Å²) in [5.41, 5.74) is 1.21. The third-order valence-electron chi connectivity index (χ3n) is 2.45. The fourth-order valence-electron chi connectivity index (χ4n) is 1.40. The number of hydrogen-bond acceptors (Lipinski definition) is 2. The smallest absolute Gasteiger partial charge is 0.253 e. The van der Waals surface area contributed by atoms with E-state index in [9.17, 15) is 4.79 Å². The van der Waals surface area contributed by atoms with Crippen LogP contribution >= 0.6 is 0 Å². The molecular weight excluding hydrogens is 200 g/mol. The van der Waals surface area contributed by atoms with Crippen LogP contribution < -0.4 is 0 Å². The molecule has 0 heterocycles. The van der Waals surface area contributed by atoms with Crippen molar-refractivity contribution < 1.29 is 4.79 Å². The zero-order valence-electron chi connectivity index (χ0n) is 9.73. The SMILES string of the molecule is CCCCN(C)C(=O)c1ccc(C#N)cc1. The van der Waals surface area contributed by atoms with E-state index in [-0.39, 0.29) is 5.91 Å². The Labute approximate surface area is 96.3 Å². The molecule has 3 nitrogen and oxygen atoms in total. The van der Waals surface area contributed by atoms with Crippen molar-refractivity contribution in [3.8, 4) is 6.07 Å². The van der Waals surface area contributed by atoms with E-state index in [0.29, 0.717) is 11.1 Å². The van der Waals surface area contributed by atoms with Crippen LogP contribution in [0, 0.1) is 11.3 Å². The lowest BCUT2D eigenvalue weighted by Gasteiger charge is -2.16. The topological polar surface area (TPSA) is 44.1 Å². The Balaban J connectivity index is 2.69. The molecule has 1 amide bonds. The predicted octanol–water partition coefficient (Wildman–Crippen LogP) is 2.43. The van der Waals surface area contributed by atoms with Gasteiger partial charge in [-0.05, 0) is 30.7 Å². The van der Waals surface area contributed by atoms with Crippen LogP contribution in [-0.4, -0.2) is 24.4 Å². The predicted molar refractivity (Wildman–Crippen MR) is 63.0 cm³/mol. The summed E-state index contributed by atoms with van der Waals surface area (Å²) in [6.07, 6.45) is 2.09. The van der Waals surface area contributed by atoms with Crippen molar-refractivity contribution in [2.45, 2.75) is 19.8 Å². The van der Waals surface area contributed by atoms with Crippen molar-refractivity contribution in [2.24, 2.45) is 0 Å². The molecule has 0 aromatic heterocycles. The van der Waals surface area contributed by atoms with E-state index in [4.69, 9.17) is 5.26 Å². The van der Waals surface area contributed by atoms with Gasteiger partial charge in [-0.15, -0.1) is 0 Å². The Kier molecular flexibility index (Phi) is 4.53. The normalized spacial score (nSPS) is 9.56. The van der Waals surface area contributed by atoms with Gasteiger partial charge in [0.05, 0.1) is 11.6 Å². The van der Waals surface area contributed by atoms with Gasteiger partial charge in [0.15, 0.2) is 0 Å². The highest BCUT2D eigenvalue weighted by molar-refractivity contribution is 5.94. The quantitative estimate of drug-likeness (QED) is 0.775. The van der Waals surface area contributed by atoms with Gasteiger partial charge < -0.3 is 4.90 Å². The summed E-state index contributed by atoms with van der Waals surface area (Å²) in [6, 6.07) is 8.76. The van der Waals surface area contributed by atoms with Gasteiger partial charge in [-0.3, -0.25) is 4.79 Å². The van der Waals surface area contributed by atoms with Gasteiger partial charge in [0.25, 0.3) is 5.91 Å². The molecule has 0 N–H and O–H groups in total. The van der Waals surface area contributed by atoms with Gasteiger partial charge in [0.1, 0.15) is 0 Å². The molecule has 1 rings (SSSR count). The first-order valence-corrected chi connectivity index (χ1v) is 5.44. The molecule has 1 aromatic carbocycles. The van der Waals surface area contributed by atoms with E-state index >= 15 is 0 Å². The summed E-state index contributed by atoms with van der Waals surface area (Å²) >= 11 is 0. The maximum atomic E-state index is 11.9. The fraction of sp³-hybridized carbons (Fsp3) is 0.385. The zero-order valence-corrected chi connectivity index (χ0v) is 9.73. The molecule has 0 aliphatic rings. The van der Waals surface area contributed by atoms with Crippen LogP contribution in [0.3, 0.4) is 0 Å². The molecule has 0 saturated carbocycles. The first-order chi connectivity index (χ1) is 7.69. The van der Waals surface area contributed by atoms with Crippen LogP contribution in [0.1, 0.15) is 35.7 Å². The number of unbranched alkanes of at least 4 members (excludes halogenated alkanes) is 1. The lowest BCUT2D eigenvalue weighted by molar-refractivity contribution is 0.0793. The van der Waals surface area contributed by atoms with Gasteiger partial charge in [0.2, 0.25) is 0 Å². The monoisotopic (exact) mass is 216 g/mol. The second-order valence-corrected chi connectivity index (χ2v) is 3.77. The summed E-state index contributed by atoms with van der Waals surface area (Å²) in [6.45, 7) is 2.87. The summed E-state index contributed by atoms with van der Waals surface area (Å²) in [5.74, 6) is 0.0120. The first-order valence-electron chi connectivity index (χ1n) is 5.44. The number of carbonyl (C=O) groups is 1. The van der Waals surface area contributed by atoms with Crippen LogP contribution in [0.15, 0.2) is 24.3 Å². The van der Waals surface area contributed by atoms with Crippen LogP contribution in [0.2, 0.25) is 0 Å². The number of nitriles is 1. The van der Waals surface area contributed by atoms with Crippen molar-refractivity contribution in [3.63, 3.8) is 0 Å². The average Bonchev–Trinajstić information content (AvgIpc) is 2.35. The second kappa shape index (κ2) is 5.92. The van der Waals surface area contributed by atoms with E-state index in [1.165, 1.54) is 0 Å². The van der Waals surface area contributed by atoms with Crippen LogP contribution in [0.4, 0.5) is 0 Å². The standard InChI is InChI=1S/C13H16N2O/c1-3-4-9-15(2)13(16)12-7-5-11(10-14)6-8-12/h5-8H,3-4,9H2,1-2H3. The number of nitrogens with zero attached hydrogens (tertiary/aromatic N) is 2. The fourth-order valence-corrected chi connectivity index (χ4v) is 1.40. The third-order valence-corrected chi connectivity index (χ3v) is 2.45. The molecule has 3 heteroatoms. The van der Waals surface area contributed by atoms with Crippen molar-refractivity contribution in [1.82, 2.24) is 4.90 Å². The average molecular weight is 216 g/mol. The maximum absolute atomic E-state index is 11.9. The molecule has 0 spiro atoms. The number of carbonyl (C=O) groups excluding carboxylic acids is 1. The van der Waals surface area contributed by atoms with Crippen LogP contribution in [-0.2, 0) is 0 Å². The Morgan fingerprint density at radius 1 is 1.38 bits per heavy atom. The Morgan fingerprint density at radius 2 is 2.00 bits per heavy atom. The number of hydrogen-bond donors (Lipinski definition) is 0. The van der Waals surface area contributed by atoms with E-state index in [1.54, 1.807) is 36.2 Å². The summed E-state index contributed by atoms with van der Waals surface area (Å²) < 4.78 is 0. The molecule has 0 atom stereocenters. The highest BCUT2D eigenvalue weighted by atomic mass is 16.2. The van der Waals surface area contributed by atoms with E-state index < -0.39 is 0 Å². The van der Waals surface area contributed by atoms with Crippen molar-refractivity contribution in [3.05, 3.63) is 35.4 Å². The highest BCUT2D eigenvalue weighted by Crippen LogP contribution is 2.06. The second-order valence-electron chi connectivity index (χ2n) is 3.77. The molecule has 0 bridgehead atoms. The van der Waals surface area contributed by atoms with Gasteiger partial charge in [-0.25, -0.2) is 0 Å². The van der Waals surface area contributed by atoms with Crippen LogP contribution in [0.5, 0.6) is 0 Å². The molecule has 1 aromatic rings. The van der Waals surface area contributed by atoms with Gasteiger partial charge in [-0.1, -0.05) is 13.3 Å².